The number of carbonyl (C=O) groups is 1. The first-order valence-corrected chi connectivity index (χ1v) is 11.8. The standard InChI is InChI=1S/C22H25N5OS2/c1-15-12-20(25-17(3)23-15)26-8-10-27(11-9-26)21(28)19-6-4-18(5-7-19)14-30-22-24-16(2)13-29-22/h4-7,12-13H,8-11,14H2,1-3H3. The van der Waals surface area contributed by atoms with Crippen molar-refractivity contribution in [2.24, 2.45) is 0 Å². The number of nitrogens with zero attached hydrogens (tertiary/aromatic N) is 5. The summed E-state index contributed by atoms with van der Waals surface area (Å²) in [5.74, 6) is 2.69. The van der Waals surface area contributed by atoms with Gasteiger partial charge in [0.2, 0.25) is 0 Å². The fraction of sp³-hybridized carbons (Fsp3) is 0.364. The first kappa shape index (κ1) is 20.8. The van der Waals surface area contributed by atoms with Crippen molar-refractivity contribution >= 4 is 34.8 Å². The predicted molar refractivity (Wildman–Crippen MR) is 122 cm³/mol. The zero-order valence-corrected chi connectivity index (χ0v) is 19.1. The number of aryl methyl sites for hydroxylation is 3. The number of amides is 1. The van der Waals surface area contributed by atoms with Crippen LogP contribution in [0.3, 0.4) is 0 Å². The summed E-state index contributed by atoms with van der Waals surface area (Å²) in [6.45, 7) is 8.86. The third-order valence-electron chi connectivity index (χ3n) is 5.00. The van der Waals surface area contributed by atoms with Gasteiger partial charge in [-0.1, -0.05) is 23.9 Å². The molecule has 0 atom stereocenters. The minimum absolute atomic E-state index is 0.0967. The summed E-state index contributed by atoms with van der Waals surface area (Å²) < 4.78 is 1.08. The molecule has 0 spiro atoms. The molecule has 0 unspecified atom stereocenters. The van der Waals surface area contributed by atoms with E-state index in [1.807, 2.05) is 56.0 Å². The molecule has 4 rings (SSSR count). The van der Waals surface area contributed by atoms with Crippen molar-refractivity contribution in [1.29, 1.82) is 0 Å². The third kappa shape index (κ3) is 4.99. The van der Waals surface area contributed by atoms with E-state index in [0.717, 1.165) is 51.8 Å². The normalized spacial score (nSPS) is 14.2. The maximum Gasteiger partial charge on any atom is 0.253 e. The minimum atomic E-state index is 0.0967. The highest BCUT2D eigenvalue weighted by Gasteiger charge is 2.23. The molecule has 1 amide bonds. The van der Waals surface area contributed by atoms with Crippen LogP contribution in [-0.2, 0) is 5.75 Å². The van der Waals surface area contributed by atoms with E-state index in [1.165, 1.54) is 5.56 Å². The number of thioether (sulfide) groups is 1. The van der Waals surface area contributed by atoms with Crippen LogP contribution in [0.25, 0.3) is 0 Å². The van der Waals surface area contributed by atoms with Crippen molar-refractivity contribution in [1.82, 2.24) is 19.9 Å². The minimum Gasteiger partial charge on any atom is -0.353 e. The van der Waals surface area contributed by atoms with Gasteiger partial charge in [-0.25, -0.2) is 15.0 Å². The predicted octanol–water partition coefficient (Wildman–Crippen LogP) is 4.11. The number of aromatic nitrogens is 3. The Bertz CT molecular complexity index is 1010. The quantitative estimate of drug-likeness (QED) is 0.558. The lowest BCUT2D eigenvalue weighted by atomic mass is 10.1. The van der Waals surface area contributed by atoms with Gasteiger partial charge in [0.05, 0.1) is 0 Å². The highest BCUT2D eigenvalue weighted by atomic mass is 32.2. The van der Waals surface area contributed by atoms with Gasteiger partial charge in [-0.3, -0.25) is 4.79 Å². The molecule has 0 bridgehead atoms. The number of rotatable bonds is 5. The fourth-order valence-corrected chi connectivity index (χ4v) is 5.27. The molecule has 6 nitrogen and oxygen atoms in total. The summed E-state index contributed by atoms with van der Waals surface area (Å²) in [6, 6.07) is 9.98. The van der Waals surface area contributed by atoms with Crippen LogP contribution in [0.1, 0.15) is 33.1 Å². The van der Waals surface area contributed by atoms with E-state index >= 15 is 0 Å². The van der Waals surface area contributed by atoms with Gasteiger partial charge < -0.3 is 9.80 Å². The smallest absolute Gasteiger partial charge is 0.253 e. The first-order valence-electron chi connectivity index (χ1n) is 9.98. The molecule has 0 saturated carbocycles. The van der Waals surface area contributed by atoms with Crippen LogP contribution in [0.5, 0.6) is 0 Å². The van der Waals surface area contributed by atoms with Crippen molar-refractivity contribution in [2.45, 2.75) is 30.9 Å². The molecule has 156 valence electrons. The van der Waals surface area contributed by atoms with Gasteiger partial charge in [-0.15, -0.1) is 11.3 Å². The first-order chi connectivity index (χ1) is 14.5. The van der Waals surface area contributed by atoms with Gasteiger partial charge >= 0.3 is 0 Å². The molecule has 30 heavy (non-hydrogen) atoms. The number of hydrogen-bond acceptors (Lipinski definition) is 7. The maximum absolute atomic E-state index is 12.9. The molecule has 0 N–H and O–H groups in total. The summed E-state index contributed by atoms with van der Waals surface area (Å²) in [6.07, 6.45) is 0. The van der Waals surface area contributed by atoms with Crippen molar-refractivity contribution in [3.63, 3.8) is 0 Å². The Morgan fingerprint density at radius 3 is 2.37 bits per heavy atom. The Hall–Kier alpha value is -2.45. The highest BCUT2D eigenvalue weighted by Crippen LogP contribution is 2.26. The van der Waals surface area contributed by atoms with Gasteiger partial charge in [-0.2, -0.15) is 0 Å². The summed E-state index contributed by atoms with van der Waals surface area (Å²) in [5, 5.41) is 2.07. The van der Waals surface area contributed by atoms with Crippen LogP contribution >= 0.6 is 23.1 Å². The summed E-state index contributed by atoms with van der Waals surface area (Å²) in [7, 11) is 0. The van der Waals surface area contributed by atoms with E-state index in [9.17, 15) is 4.79 Å². The lowest BCUT2D eigenvalue weighted by Gasteiger charge is -2.35. The Morgan fingerprint density at radius 1 is 1.00 bits per heavy atom. The summed E-state index contributed by atoms with van der Waals surface area (Å²) >= 11 is 3.41. The second-order valence-corrected chi connectivity index (χ2v) is 9.51. The molecular formula is C22H25N5OS2. The molecule has 1 fully saturated rings. The SMILES string of the molecule is Cc1cc(N2CCN(C(=O)c3ccc(CSc4nc(C)cs4)cc3)CC2)nc(C)n1. The lowest BCUT2D eigenvalue weighted by molar-refractivity contribution is 0.0746. The fourth-order valence-electron chi connectivity index (χ4n) is 3.47. The number of hydrogen-bond donors (Lipinski definition) is 0. The largest absolute Gasteiger partial charge is 0.353 e. The van der Waals surface area contributed by atoms with E-state index in [4.69, 9.17) is 0 Å². The van der Waals surface area contributed by atoms with Crippen LogP contribution in [0.15, 0.2) is 40.1 Å². The number of anilines is 1. The molecule has 8 heteroatoms. The van der Waals surface area contributed by atoms with Crippen LogP contribution in [-0.4, -0.2) is 51.9 Å². The molecule has 3 heterocycles. The van der Waals surface area contributed by atoms with Gasteiger partial charge in [0.1, 0.15) is 16.0 Å². The van der Waals surface area contributed by atoms with Crippen molar-refractivity contribution in [3.05, 3.63) is 64.1 Å². The van der Waals surface area contributed by atoms with Crippen LogP contribution in [0, 0.1) is 20.8 Å². The molecule has 3 aromatic rings. The van der Waals surface area contributed by atoms with Gasteiger partial charge in [0.25, 0.3) is 5.91 Å². The zero-order valence-electron chi connectivity index (χ0n) is 17.5. The molecule has 0 radical (unpaired) electrons. The molecule has 1 saturated heterocycles. The maximum atomic E-state index is 12.9. The molecule has 1 aliphatic heterocycles. The monoisotopic (exact) mass is 439 g/mol. The second kappa shape index (κ2) is 9.14. The molecule has 1 aromatic carbocycles. The van der Waals surface area contributed by atoms with Crippen LogP contribution in [0.2, 0.25) is 0 Å². The average molecular weight is 440 g/mol. The van der Waals surface area contributed by atoms with E-state index in [0.29, 0.717) is 13.1 Å². The number of carbonyl (C=O) groups excluding carboxylic acids is 1. The van der Waals surface area contributed by atoms with Gasteiger partial charge in [0, 0.05) is 60.3 Å². The molecule has 2 aromatic heterocycles. The van der Waals surface area contributed by atoms with E-state index in [-0.39, 0.29) is 5.91 Å². The van der Waals surface area contributed by atoms with E-state index in [2.05, 4.69) is 25.2 Å². The van der Waals surface area contributed by atoms with E-state index in [1.54, 1.807) is 23.1 Å². The average Bonchev–Trinajstić information content (AvgIpc) is 3.17. The Balaban J connectivity index is 1.32. The van der Waals surface area contributed by atoms with Crippen LogP contribution < -0.4 is 4.90 Å². The number of benzene rings is 1. The van der Waals surface area contributed by atoms with E-state index < -0.39 is 0 Å². The van der Waals surface area contributed by atoms with Gasteiger partial charge in [-0.05, 0) is 38.5 Å². The summed E-state index contributed by atoms with van der Waals surface area (Å²) in [5.41, 5.74) is 3.98. The topological polar surface area (TPSA) is 62.2 Å². The number of thiazole rings is 1. The summed E-state index contributed by atoms with van der Waals surface area (Å²) in [4.78, 5) is 30.4. The van der Waals surface area contributed by atoms with Crippen molar-refractivity contribution < 1.29 is 4.79 Å². The number of piperazine rings is 1. The van der Waals surface area contributed by atoms with Crippen molar-refractivity contribution in [3.8, 4) is 0 Å². The molecule has 1 aliphatic rings. The molecular weight excluding hydrogens is 414 g/mol. The lowest BCUT2D eigenvalue weighted by Crippen LogP contribution is -2.49. The Labute approximate surface area is 185 Å². The Kier molecular flexibility index (Phi) is 6.34. The van der Waals surface area contributed by atoms with Crippen molar-refractivity contribution in [2.75, 3.05) is 31.1 Å². The molecule has 0 aliphatic carbocycles. The van der Waals surface area contributed by atoms with Crippen LogP contribution in [0.4, 0.5) is 5.82 Å². The third-order valence-corrected chi connectivity index (χ3v) is 7.21. The second-order valence-electron chi connectivity index (χ2n) is 7.43. The van der Waals surface area contributed by atoms with Gasteiger partial charge in [0.15, 0.2) is 0 Å². The Morgan fingerprint density at radius 2 is 1.73 bits per heavy atom. The zero-order chi connectivity index (χ0) is 21.1. The highest BCUT2D eigenvalue weighted by molar-refractivity contribution is 8.00.